The van der Waals surface area contributed by atoms with Crippen LogP contribution in [0.15, 0.2) is 30.3 Å². The minimum Gasteiger partial charge on any atom is -0.388 e. The molecule has 2 aromatic rings. The molecule has 1 aliphatic carbocycles. The quantitative estimate of drug-likeness (QED) is 0.868. The van der Waals surface area contributed by atoms with Gasteiger partial charge in [-0.05, 0) is 61.8 Å². The maximum absolute atomic E-state index is 10.7. The third kappa shape index (κ3) is 2.47. The van der Waals surface area contributed by atoms with Gasteiger partial charge in [-0.25, -0.2) is 0 Å². The fraction of sp³-hybridized carbons (Fsp3) is 0.412. The van der Waals surface area contributed by atoms with Crippen LogP contribution in [0.3, 0.4) is 0 Å². The van der Waals surface area contributed by atoms with Gasteiger partial charge in [-0.1, -0.05) is 24.3 Å². The monoisotopic (exact) mass is 272 g/mol. The van der Waals surface area contributed by atoms with E-state index in [9.17, 15) is 5.11 Å². The van der Waals surface area contributed by atoms with E-state index in [1.807, 2.05) is 0 Å². The van der Waals surface area contributed by atoms with Crippen LogP contribution in [0.4, 0.5) is 0 Å². The van der Waals surface area contributed by atoms with Crippen molar-refractivity contribution in [2.24, 2.45) is 5.92 Å². The molecule has 2 heteroatoms. The highest BCUT2D eigenvalue weighted by molar-refractivity contribution is 7.12. The summed E-state index contributed by atoms with van der Waals surface area (Å²) in [6, 6.07) is 10.8. The van der Waals surface area contributed by atoms with Gasteiger partial charge >= 0.3 is 0 Å². The summed E-state index contributed by atoms with van der Waals surface area (Å²) >= 11 is 1.79. The van der Waals surface area contributed by atoms with E-state index < -0.39 is 0 Å². The summed E-state index contributed by atoms with van der Waals surface area (Å²) in [6.07, 6.45) is 2.89. The maximum Gasteiger partial charge on any atom is 0.0832 e. The van der Waals surface area contributed by atoms with Gasteiger partial charge in [0.2, 0.25) is 0 Å². The minimum absolute atomic E-state index is 0.307. The molecule has 1 heterocycles. The zero-order valence-electron chi connectivity index (χ0n) is 11.5. The van der Waals surface area contributed by atoms with Crippen molar-refractivity contribution in [2.75, 3.05) is 0 Å². The molecule has 2 unspecified atom stereocenters. The summed E-state index contributed by atoms with van der Waals surface area (Å²) < 4.78 is 0. The van der Waals surface area contributed by atoms with E-state index in [0.717, 1.165) is 24.8 Å². The SMILES string of the molecule is Cc1cc(C(O)C2CCc3ccccc3C2)c(C)s1. The van der Waals surface area contributed by atoms with Gasteiger partial charge in [-0.15, -0.1) is 11.3 Å². The van der Waals surface area contributed by atoms with Crippen LogP contribution < -0.4 is 0 Å². The summed E-state index contributed by atoms with van der Waals surface area (Å²) in [5.41, 5.74) is 4.03. The third-order valence-electron chi connectivity index (χ3n) is 4.23. The number of fused-ring (bicyclic) bond motifs is 1. The number of aliphatic hydroxyl groups is 1. The summed E-state index contributed by atoms with van der Waals surface area (Å²) in [4.78, 5) is 2.56. The van der Waals surface area contributed by atoms with Crippen LogP contribution in [0.1, 0.15) is 39.0 Å². The zero-order chi connectivity index (χ0) is 13.4. The highest BCUT2D eigenvalue weighted by atomic mass is 32.1. The molecular weight excluding hydrogens is 252 g/mol. The van der Waals surface area contributed by atoms with E-state index in [-0.39, 0.29) is 6.10 Å². The lowest BCUT2D eigenvalue weighted by molar-refractivity contribution is 0.0993. The topological polar surface area (TPSA) is 20.2 Å². The number of benzene rings is 1. The molecular formula is C17H20OS. The van der Waals surface area contributed by atoms with E-state index >= 15 is 0 Å². The van der Waals surface area contributed by atoms with Gasteiger partial charge in [0, 0.05) is 9.75 Å². The van der Waals surface area contributed by atoms with E-state index in [4.69, 9.17) is 0 Å². The first-order valence-electron chi connectivity index (χ1n) is 6.97. The average molecular weight is 272 g/mol. The maximum atomic E-state index is 10.7. The van der Waals surface area contributed by atoms with Crippen molar-refractivity contribution in [1.29, 1.82) is 0 Å². The second-order valence-electron chi connectivity index (χ2n) is 5.59. The van der Waals surface area contributed by atoms with Crippen molar-refractivity contribution in [1.82, 2.24) is 0 Å². The summed E-state index contributed by atoms with van der Waals surface area (Å²) in [6.45, 7) is 4.23. The molecule has 0 saturated carbocycles. The largest absolute Gasteiger partial charge is 0.388 e. The predicted octanol–water partition coefficient (Wildman–Crippen LogP) is 4.20. The second-order valence-corrected chi connectivity index (χ2v) is 7.05. The Bertz CT molecular complexity index is 585. The predicted molar refractivity (Wildman–Crippen MR) is 80.7 cm³/mol. The molecule has 1 aliphatic rings. The molecule has 0 fully saturated rings. The molecule has 0 spiro atoms. The molecule has 0 radical (unpaired) electrons. The van der Waals surface area contributed by atoms with Gasteiger partial charge < -0.3 is 5.11 Å². The van der Waals surface area contributed by atoms with E-state index in [2.05, 4.69) is 44.2 Å². The first kappa shape index (κ1) is 12.9. The Labute approximate surface area is 118 Å². The minimum atomic E-state index is -0.307. The molecule has 19 heavy (non-hydrogen) atoms. The Balaban J connectivity index is 1.83. The number of aliphatic hydroxyl groups excluding tert-OH is 1. The Hall–Kier alpha value is -1.12. The molecule has 2 atom stereocenters. The smallest absolute Gasteiger partial charge is 0.0832 e. The highest BCUT2D eigenvalue weighted by Crippen LogP contribution is 2.37. The van der Waals surface area contributed by atoms with Crippen LogP contribution in [-0.4, -0.2) is 5.11 Å². The number of hydrogen-bond donors (Lipinski definition) is 1. The number of hydrogen-bond acceptors (Lipinski definition) is 2. The molecule has 1 aromatic heterocycles. The molecule has 3 rings (SSSR count). The number of thiophene rings is 1. The van der Waals surface area contributed by atoms with Crippen LogP contribution in [0, 0.1) is 19.8 Å². The fourth-order valence-electron chi connectivity index (χ4n) is 3.19. The molecule has 100 valence electrons. The molecule has 0 aliphatic heterocycles. The first-order chi connectivity index (χ1) is 9.15. The Morgan fingerprint density at radius 1 is 1.21 bits per heavy atom. The lowest BCUT2D eigenvalue weighted by Crippen LogP contribution is -2.21. The van der Waals surface area contributed by atoms with Crippen molar-refractivity contribution in [3.8, 4) is 0 Å². The standard InChI is InChI=1S/C17H20OS/c1-11-9-16(12(2)19-11)17(18)15-8-7-13-5-3-4-6-14(13)10-15/h3-6,9,15,17-18H,7-8,10H2,1-2H3. The average Bonchev–Trinajstić information content (AvgIpc) is 2.76. The van der Waals surface area contributed by atoms with Gasteiger partial charge in [0.25, 0.3) is 0 Å². The van der Waals surface area contributed by atoms with Crippen LogP contribution in [-0.2, 0) is 12.8 Å². The Kier molecular flexibility index (Phi) is 3.46. The van der Waals surface area contributed by atoms with Crippen molar-refractivity contribution in [3.63, 3.8) is 0 Å². The zero-order valence-corrected chi connectivity index (χ0v) is 12.3. The molecule has 1 nitrogen and oxygen atoms in total. The van der Waals surface area contributed by atoms with Gasteiger partial charge in [-0.3, -0.25) is 0 Å². The molecule has 0 saturated heterocycles. The number of aryl methyl sites for hydroxylation is 3. The van der Waals surface area contributed by atoms with E-state index in [1.165, 1.54) is 20.9 Å². The van der Waals surface area contributed by atoms with Crippen molar-refractivity contribution in [3.05, 3.63) is 56.8 Å². The molecule has 1 N–H and O–H groups in total. The second kappa shape index (κ2) is 5.10. The van der Waals surface area contributed by atoms with Gasteiger partial charge in [0.1, 0.15) is 0 Å². The molecule has 0 amide bonds. The van der Waals surface area contributed by atoms with Gasteiger partial charge in [0.15, 0.2) is 0 Å². The van der Waals surface area contributed by atoms with Crippen LogP contribution in [0.25, 0.3) is 0 Å². The van der Waals surface area contributed by atoms with Crippen molar-refractivity contribution in [2.45, 2.75) is 39.2 Å². The van der Waals surface area contributed by atoms with E-state index in [0.29, 0.717) is 5.92 Å². The Morgan fingerprint density at radius 2 is 1.95 bits per heavy atom. The van der Waals surface area contributed by atoms with Gasteiger partial charge in [0.05, 0.1) is 6.10 Å². The normalized spacial score (nSPS) is 20.1. The van der Waals surface area contributed by atoms with Crippen molar-refractivity contribution < 1.29 is 5.11 Å². The summed E-state index contributed by atoms with van der Waals surface area (Å²) in [5, 5.41) is 10.7. The third-order valence-corrected chi connectivity index (χ3v) is 5.21. The van der Waals surface area contributed by atoms with E-state index in [1.54, 1.807) is 11.3 Å². The van der Waals surface area contributed by atoms with Crippen LogP contribution in [0.2, 0.25) is 0 Å². The highest BCUT2D eigenvalue weighted by Gasteiger charge is 2.27. The first-order valence-corrected chi connectivity index (χ1v) is 7.78. The van der Waals surface area contributed by atoms with Crippen LogP contribution in [0.5, 0.6) is 0 Å². The molecule has 1 aromatic carbocycles. The number of rotatable bonds is 2. The Morgan fingerprint density at radius 3 is 2.63 bits per heavy atom. The van der Waals surface area contributed by atoms with Gasteiger partial charge in [-0.2, -0.15) is 0 Å². The van der Waals surface area contributed by atoms with Crippen LogP contribution >= 0.6 is 11.3 Å². The molecule has 0 bridgehead atoms. The lowest BCUT2D eigenvalue weighted by Gasteiger charge is -2.28. The summed E-state index contributed by atoms with van der Waals surface area (Å²) in [7, 11) is 0. The lowest BCUT2D eigenvalue weighted by atomic mass is 9.79. The fourth-order valence-corrected chi connectivity index (χ4v) is 4.16. The van der Waals surface area contributed by atoms with Crippen molar-refractivity contribution >= 4 is 11.3 Å². The summed E-state index contributed by atoms with van der Waals surface area (Å²) in [5.74, 6) is 0.364.